The predicted molar refractivity (Wildman–Crippen MR) is 117 cm³/mol. The van der Waals surface area contributed by atoms with Gasteiger partial charge in [-0.05, 0) is 0 Å². The molecule has 0 aromatic carbocycles. The highest BCUT2D eigenvalue weighted by Crippen LogP contribution is 2.31. The molecule has 1 amide bonds. The van der Waals surface area contributed by atoms with Crippen LogP contribution in [0.3, 0.4) is 0 Å². The Morgan fingerprint density at radius 3 is 1.81 bits per heavy atom. The van der Waals surface area contributed by atoms with Crippen LogP contribution in [0.4, 0.5) is 0 Å². The first-order chi connectivity index (χ1) is 17.4. The van der Waals surface area contributed by atoms with Crippen molar-refractivity contribution in [3.05, 3.63) is 0 Å². The Hall–Kier alpha value is -1.13. The number of rotatable bonds is 8. The van der Waals surface area contributed by atoms with Gasteiger partial charge in [0.2, 0.25) is 5.91 Å². The molecular formula is C20H37N3O14. The number of carbonyl (C=O) groups excluding carboxylic acids is 1. The molecule has 3 aliphatic rings. The molecule has 0 aromatic rings. The number of nitrogens with one attached hydrogen (secondary N) is 1. The number of carbonyl (C=O) groups is 1. The first kappa shape index (κ1) is 30.4. The Morgan fingerprint density at radius 2 is 1.24 bits per heavy atom. The third-order valence-corrected chi connectivity index (χ3v) is 6.65. The Bertz CT molecular complexity index is 749. The zero-order chi connectivity index (χ0) is 27.6. The van der Waals surface area contributed by atoms with Crippen LogP contribution < -0.4 is 16.8 Å². The highest BCUT2D eigenvalue weighted by molar-refractivity contribution is 5.73. The molecule has 0 radical (unpaired) electrons. The molecule has 0 aliphatic carbocycles. The van der Waals surface area contributed by atoms with Crippen LogP contribution in [-0.4, -0.2) is 159 Å². The first-order valence-corrected chi connectivity index (χ1v) is 11.7. The van der Waals surface area contributed by atoms with Gasteiger partial charge in [0.15, 0.2) is 18.9 Å². The van der Waals surface area contributed by atoms with Gasteiger partial charge in [-0.25, -0.2) is 0 Å². The summed E-state index contributed by atoms with van der Waals surface area (Å²) in [7, 11) is 0. The van der Waals surface area contributed by atoms with Crippen molar-refractivity contribution in [2.45, 2.75) is 98.9 Å². The van der Waals surface area contributed by atoms with Crippen LogP contribution in [0.1, 0.15) is 6.92 Å². The van der Waals surface area contributed by atoms with Gasteiger partial charge in [-0.1, -0.05) is 0 Å². The maximum atomic E-state index is 11.9. The van der Waals surface area contributed by atoms with Gasteiger partial charge in [0.1, 0.15) is 61.0 Å². The van der Waals surface area contributed by atoms with E-state index in [4.69, 9.17) is 35.2 Å². The number of nitrogens with two attached hydrogens (primary N) is 2. The Balaban J connectivity index is 1.83. The summed E-state index contributed by atoms with van der Waals surface area (Å²) in [5.41, 5.74) is 11.6. The topological polar surface area (TPSA) is 289 Å². The molecule has 17 heteroatoms. The van der Waals surface area contributed by atoms with Crippen LogP contribution in [-0.2, 0) is 28.5 Å². The van der Waals surface area contributed by atoms with Gasteiger partial charge < -0.3 is 81.3 Å². The lowest BCUT2D eigenvalue weighted by molar-refractivity contribution is -0.350. The minimum Gasteiger partial charge on any atom is -0.394 e. The van der Waals surface area contributed by atoms with Crippen molar-refractivity contribution >= 4 is 5.91 Å². The van der Waals surface area contributed by atoms with E-state index in [0.717, 1.165) is 6.92 Å². The molecule has 216 valence electrons. The predicted octanol–water partition coefficient (Wildman–Crippen LogP) is -7.50. The van der Waals surface area contributed by atoms with E-state index in [1.54, 1.807) is 0 Å². The molecule has 0 bridgehead atoms. The van der Waals surface area contributed by atoms with Crippen molar-refractivity contribution < 1.29 is 69.3 Å². The first-order valence-electron chi connectivity index (χ1n) is 11.7. The minimum absolute atomic E-state index is 0.627. The summed E-state index contributed by atoms with van der Waals surface area (Å²) in [5, 5.41) is 83.1. The number of ether oxygens (including phenoxy) is 5. The van der Waals surface area contributed by atoms with Crippen molar-refractivity contribution in [1.29, 1.82) is 0 Å². The smallest absolute Gasteiger partial charge is 0.217 e. The minimum atomic E-state index is -1.67. The summed E-state index contributed by atoms with van der Waals surface area (Å²) < 4.78 is 27.8. The van der Waals surface area contributed by atoms with Gasteiger partial charge in [0, 0.05) is 6.92 Å². The molecule has 15 atom stereocenters. The normalized spacial score (nSPS) is 49.0. The van der Waals surface area contributed by atoms with Crippen molar-refractivity contribution in [3.63, 3.8) is 0 Å². The van der Waals surface area contributed by atoms with Gasteiger partial charge in [-0.2, -0.15) is 0 Å². The average Bonchev–Trinajstić information content (AvgIpc) is 2.87. The summed E-state index contributed by atoms with van der Waals surface area (Å²) in [4.78, 5) is 11.9. The zero-order valence-corrected chi connectivity index (χ0v) is 20.0. The molecule has 37 heavy (non-hydrogen) atoms. The van der Waals surface area contributed by atoms with E-state index in [-0.39, 0.29) is 0 Å². The molecule has 3 saturated heterocycles. The summed E-state index contributed by atoms with van der Waals surface area (Å²) in [6.07, 6.45) is -17.6. The third kappa shape index (κ3) is 6.38. The molecule has 0 saturated carbocycles. The lowest BCUT2D eigenvalue weighted by Crippen LogP contribution is -2.70. The number of aliphatic hydroxyl groups excluding tert-OH is 8. The standard InChI is InChI=1S/C20H37N3O14/c1-5(27)23-11-15(31)17(36-19-10(22)13(29)12(28)6(2-24)34-19)8(4-26)35-20(11)37-16-7(3-25)33-18(32)9(21)14(16)30/h6-20,24-26,28-32H,2-4,21-22H2,1H3,(H,23,27)/t6-,7-,8-,9-,10-,11?,12-,13-,14-,15-,16+,17?,18-,19?,20+/m1/s1. The molecule has 3 aliphatic heterocycles. The number of aliphatic hydroxyl groups is 8. The van der Waals surface area contributed by atoms with E-state index >= 15 is 0 Å². The zero-order valence-electron chi connectivity index (χ0n) is 20.0. The number of hydrogen-bond donors (Lipinski definition) is 11. The average molecular weight is 544 g/mol. The van der Waals surface area contributed by atoms with Gasteiger partial charge >= 0.3 is 0 Å². The summed E-state index contributed by atoms with van der Waals surface area (Å²) in [6.45, 7) is -0.992. The third-order valence-electron chi connectivity index (χ3n) is 6.65. The summed E-state index contributed by atoms with van der Waals surface area (Å²) in [6, 6.07) is -4.04. The maximum absolute atomic E-state index is 11.9. The molecule has 3 fully saturated rings. The fourth-order valence-electron chi connectivity index (χ4n) is 4.55. The van der Waals surface area contributed by atoms with Crippen LogP contribution in [0.15, 0.2) is 0 Å². The van der Waals surface area contributed by atoms with Gasteiger partial charge in [0.25, 0.3) is 0 Å². The second-order valence-electron chi connectivity index (χ2n) is 9.24. The van der Waals surface area contributed by atoms with Crippen LogP contribution in [0.5, 0.6) is 0 Å². The van der Waals surface area contributed by atoms with Crippen LogP contribution in [0.25, 0.3) is 0 Å². The highest BCUT2D eigenvalue weighted by Gasteiger charge is 2.53. The summed E-state index contributed by atoms with van der Waals surface area (Å²) >= 11 is 0. The highest BCUT2D eigenvalue weighted by atomic mass is 16.7. The van der Waals surface area contributed by atoms with Crippen LogP contribution in [0.2, 0.25) is 0 Å². The fourth-order valence-corrected chi connectivity index (χ4v) is 4.55. The molecule has 13 N–H and O–H groups in total. The van der Waals surface area contributed by atoms with Crippen LogP contribution >= 0.6 is 0 Å². The van der Waals surface area contributed by atoms with E-state index in [1.165, 1.54) is 0 Å². The SMILES string of the molecule is CC(=O)NC1[C@H](O[C@@H]2[C@H](O)[C@@H](N)[C@H](O)O[C@@H]2CO)O[C@H](CO)C(OC2O[C@H](CO)[C@@H](O)[C@H](O)[C@H]2N)[C@@H]1O. The Morgan fingerprint density at radius 1 is 0.730 bits per heavy atom. The van der Waals surface area contributed by atoms with E-state index in [2.05, 4.69) is 5.32 Å². The second-order valence-corrected chi connectivity index (χ2v) is 9.24. The van der Waals surface area contributed by atoms with Crippen LogP contribution in [0, 0.1) is 0 Å². The molecule has 17 nitrogen and oxygen atoms in total. The number of amides is 1. The molecular weight excluding hydrogens is 506 g/mol. The van der Waals surface area contributed by atoms with Crippen molar-refractivity contribution in [3.8, 4) is 0 Å². The monoisotopic (exact) mass is 543 g/mol. The molecule has 0 spiro atoms. The van der Waals surface area contributed by atoms with E-state index in [1.807, 2.05) is 0 Å². The lowest BCUT2D eigenvalue weighted by atomic mass is 9.94. The Labute approximate surface area is 211 Å². The van der Waals surface area contributed by atoms with E-state index in [9.17, 15) is 45.6 Å². The second kappa shape index (κ2) is 12.8. The van der Waals surface area contributed by atoms with Crippen molar-refractivity contribution in [2.75, 3.05) is 19.8 Å². The van der Waals surface area contributed by atoms with Gasteiger partial charge in [0.05, 0.1) is 31.9 Å². The quantitative estimate of drug-likeness (QED) is 0.135. The molecule has 3 heterocycles. The van der Waals surface area contributed by atoms with Crippen molar-refractivity contribution in [2.24, 2.45) is 11.5 Å². The molecule has 0 aromatic heterocycles. The largest absolute Gasteiger partial charge is 0.394 e. The lowest BCUT2D eigenvalue weighted by Gasteiger charge is -2.49. The molecule has 3 rings (SSSR count). The van der Waals surface area contributed by atoms with E-state index in [0.29, 0.717) is 0 Å². The summed E-state index contributed by atoms with van der Waals surface area (Å²) in [5.74, 6) is -0.627. The van der Waals surface area contributed by atoms with Gasteiger partial charge in [-0.15, -0.1) is 0 Å². The molecule has 3 unspecified atom stereocenters. The number of hydrogen-bond acceptors (Lipinski definition) is 16. The van der Waals surface area contributed by atoms with E-state index < -0.39 is 118 Å². The van der Waals surface area contributed by atoms with Crippen molar-refractivity contribution in [1.82, 2.24) is 5.32 Å². The van der Waals surface area contributed by atoms with Gasteiger partial charge in [-0.3, -0.25) is 4.79 Å². The Kier molecular flexibility index (Phi) is 10.5. The fraction of sp³-hybridized carbons (Fsp3) is 0.950. The maximum Gasteiger partial charge on any atom is 0.217 e.